The maximum atomic E-state index is 4.71. The Bertz CT molecular complexity index is 788. The largest absolute Gasteiger partial charge is 0.357 e. The van der Waals surface area contributed by atoms with Gasteiger partial charge in [0, 0.05) is 44.8 Å². The van der Waals surface area contributed by atoms with E-state index in [0.29, 0.717) is 0 Å². The highest BCUT2D eigenvalue weighted by Crippen LogP contribution is 2.47. The van der Waals surface area contributed by atoms with Gasteiger partial charge < -0.3 is 15.5 Å². The Hall–Kier alpha value is -2.56. The van der Waals surface area contributed by atoms with Gasteiger partial charge in [-0.05, 0) is 42.9 Å². The first-order valence-electron chi connectivity index (χ1n) is 11.0. The van der Waals surface area contributed by atoms with Gasteiger partial charge in [-0.3, -0.25) is 4.99 Å². The number of guanidine groups is 1. The molecule has 0 radical (unpaired) electrons. The van der Waals surface area contributed by atoms with Crippen LogP contribution >= 0.6 is 0 Å². The van der Waals surface area contributed by atoms with Crippen LogP contribution in [0.2, 0.25) is 0 Å². The highest BCUT2D eigenvalue weighted by atomic mass is 15.2. The zero-order valence-corrected chi connectivity index (χ0v) is 17.5. The van der Waals surface area contributed by atoms with Crippen LogP contribution in [0.5, 0.6) is 0 Å². The van der Waals surface area contributed by atoms with Crippen LogP contribution in [0.1, 0.15) is 49.7 Å². The average Bonchev–Trinajstić information content (AvgIpc) is 3.60. The molecule has 1 aromatic carbocycles. The molecule has 1 aliphatic heterocycles. The lowest BCUT2D eigenvalue weighted by Crippen LogP contribution is -2.40. The molecule has 2 fully saturated rings. The normalized spacial score (nSPS) is 18.8. The summed E-state index contributed by atoms with van der Waals surface area (Å²) in [5.41, 5.74) is 2.88. The molecule has 29 heavy (non-hydrogen) atoms. The summed E-state index contributed by atoms with van der Waals surface area (Å²) in [5.74, 6) is 1.96. The Labute approximate surface area is 174 Å². The molecule has 5 nitrogen and oxygen atoms in total. The van der Waals surface area contributed by atoms with E-state index in [1.54, 1.807) is 0 Å². The molecule has 1 aliphatic carbocycles. The van der Waals surface area contributed by atoms with Crippen molar-refractivity contribution in [2.75, 3.05) is 31.6 Å². The van der Waals surface area contributed by atoms with Crippen LogP contribution in [0.4, 0.5) is 5.82 Å². The van der Waals surface area contributed by atoms with Gasteiger partial charge in [-0.25, -0.2) is 4.98 Å². The van der Waals surface area contributed by atoms with E-state index < -0.39 is 0 Å². The lowest BCUT2D eigenvalue weighted by molar-refractivity contribution is 0.645. The van der Waals surface area contributed by atoms with Crippen molar-refractivity contribution in [3.63, 3.8) is 0 Å². The van der Waals surface area contributed by atoms with Gasteiger partial charge >= 0.3 is 0 Å². The van der Waals surface area contributed by atoms with E-state index in [-0.39, 0.29) is 5.41 Å². The van der Waals surface area contributed by atoms with Crippen LogP contribution in [0.3, 0.4) is 0 Å². The molecule has 4 rings (SSSR count). The Morgan fingerprint density at radius 2 is 1.76 bits per heavy atom. The summed E-state index contributed by atoms with van der Waals surface area (Å²) in [4.78, 5) is 11.5. The number of nitrogens with zero attached hydrogens (tertiary/aromatic N) is 3. The van der Waals surface area contributed by atoms with Gasteiger partial charge in [-0.2, -0.15) is 0 Å². The second kappa shape index (κ2) is 9.29. The van der Waals surface area contributed by atoms with Crippen molar-refractivity contribution in [2.24, 2.45) is 4.99 Å². The summed E-state index contributed by atoms with van der Waals surface area (Å²) < 4.78 is 0. The molecule has 0 unspecified atom stereocenters. The van der Waals surface area contributed by atoms with E-state index in [4.69, 9.17) is 4.98 Å². The summed E-state index contributed by atoms with van der Waals surface area (Å²) in [5, 5.41) is 6.95. The first kappa shape index (κ1) is 19.7. The Morgan fingerprint density at radius 1 is 1.00 bits per heavy atom. The Morgan fingerprint density at radius 3 is 2.38 bits per heavy atom. The second-order valence-corrected chi connectivity index (χ2v) is 8.35. The molecule has 1 saturated carbocycles. The molecule has 2 N–H and O–H groups in total. The van der Waals surface area contributed by atoms with Gasteiger partial charge in [0.1, 0.15) is 5.82 Å². The van der Waals surface area contributed by atoms with E-state index in [9.17, 15) is 0 Å². The minimum atomic E-state index is 0.273. The van der Waals surface area contributed by atoms with Crippen molar-refractivity contribution in [1.29, 1.82) is 0 Å². The maximum absolute atomic E-state index is 4.71. The lowest BCUT2D eigenvalue weighted by atomic mass is 9.96. The molecule has 1 aromatic heterocycles. The predicted octanol–water partition coefficient (Wildman–Crippen LogP) is 3.86. The average molecular weight is 392 g/mol. The van der Waals surface area contributed by atoms with Crippen molar-refractivity contribution in [2.45, 2.75) is 50.5 Å². The number of rotatable bonds is 6. The van der Waals surface area contributed by atoms with E-state index in [1.165, 1.54) is 49.7 Å². The third-order valence-electron chi connectivity index (χ3n) is 6.26. The van der Waals surface area contributed by atoms with E-state index in [2.05, 4.69) is 63.0 Å². The molecular formula is C24H33N5. The first-order valence-corrected chi connectivity index (χ1v) is 11.0. The Balaban J connectivity index is 1.27. The summed E-state index contributed by atoms with van der Waals surface area (Å²) in [6, 6.07) is 15.2. The first-order chi connectivity index (χ1) is 14.3. The van der Waals surface area contributed by atoms with E-state index in [1.807, 2.05) is 13.2 Å². The molecule has 2 aromatic rings. The number of anilines is 1. The fourth-order valence-electron chi connectivity index (χ4n) is 4.18. The molecule has 0 spiro atoms. The minimum Gasteiger partial charge on any atom is -0.357 e. The number of hydrogen-bond donors (Lipinski definition) is 2. The summed E-state index contributed by atoms with van der Waals surface area (Å²) >= 11 is 0. The quantitative estimate of drug-likeness (QED) is 0.580. The fourth-order valence-corrected chi connectivity index (χ4v) is 4.18. The van der Waals surface area contributed by atoms with Gasteiger partial charge in [-0.1, -0.05) is 49.2 Å². The van der Waals surface area contributed by atoms with Gasteiger partial charge in [0.2, 0.25) is 0 Å². The number of hydrogen-bond acceptors (Lipinski definition) is 3. The molecule has 2 heterocycles. The monoisotopic (exact) mass is 391 g/mol. The third-order valence-corrected chi connectivity index (χ3v) is 6.26. The van der Waals surface area contributed by atoms with Crippen molar-refractivity contribution in [3.05, 3.63) is 59.8 Å². The van der Waals surface area contributed by atoms with Crippen molar-refractivity contribution < 1.29 is 0 Å². The molecule has 1 saturated heterocycles. The highest BCUT2D eigenvalue weighted by Gasteiger charge is 2.43. The topological polar surface area (TPSA) is 52.6 Å². The van der Waals surface area contributed by atoms with Crippen LogP contribution in [-0.4, -0.2) is 37.6 Å². The molecule has 154 valence electrons. The second-order valence-electron chi connectivity index (χ2n) is 8.35. The molecule has 0 bridgehead atoms. The van der Waals surface area contributed by atoms with E-state index in [0.717, 1.165) is 38.0 Å². The van der Waals surface area contributed by atoms with Crippen LogP contribution < -0.4 is 15.5 Å². The summed E-state index contributed by atoms with van der Waals surface area (Å²) in [6.07, 6.45) is 9.71. The number of pyridine rings is 1. The predicted molar refractivity (Wildman–Crippen MR) is 120 cm³/mol. The van der Waals surface area contributed by atoms with Crippen molar-refractivity contribution in [1.82, 2.24) is 15.6 Å². The number of nitrogens with one attached hydrogen (secondary N) is 2. The maximum Gasteiger partial charge on any atom is 0.191 e. The van der Waals surface area contributed by atoms with Crippen LogP contribution in [0, 0.1) is 0 Å². The lowest BCUT2D eigenvalue weighted by Gasteiger charge is -2.21. The molecule has 0 atom stereocenters. The van der Waals surface area contributed by atoms with E-state index >= 15 is 0 Å². The minimum absolute atomic E-state index is 0.273. The van der Waals surface area contributed by atoms with Gasteiger partial charge in [0.15, 0.2) is 5.96 Å². The molecular weight excluding hydrogens is 358 g/mol. The zero-order chi connectivity index (χ0) is 19.9. The van der Waals surface area contributed by atoms with Crippen molar-refractivity contribution >= 4 is 11.8 Å². The van der Waals surface area contributed by atoms with Gasteiger partial charge in [-0.15, -0.1) is 0 Å². The fraction of sp³-hybridized carbons (Fsp3) is 0.500. The highest BCUT2D eigenvalue weighted by molar-refractivity contribution is 5.79. The Kier molecular flexibility index (Phi) is 6.33. The smallest absolute Gasteiger partial charge is 0.191 e. The molecule has 0 amide bonds. The van der Waals surface area contributed by atoms with Crippen LogP contribution in [0.25, 0.3) is 0 Å². The zero-order valence-electron chi connectivity index (χ0n) is 17.5. The van der Waals surface area contributed by atoms with Crippen LogP contribution in [0.15, 0.2) is 53.7 Å². The third kappa shape index (κ3) is 5.08. The summed E-state index contributed by atoms with van der Waals surface area (Å²) in [6.45, 7) is 3.91. The SMILES string of the molecule is CN=C(NCc1ccc(N2CCCCCC2)nc1)NCC1(c2ccccc2)CC1. The number of aromatic nitrogens is 1. The van der Waals surface area contributed by atoms with Crippen LogP contribution in [-0.2, 0) is 12.0 Å². The number of aliphatic imine (C=N–C) groups is 1. The molecule has 5 heteroatoms. The van der Waals surface area contributed by atoms with Crippen molar-refractivity contribution in [3.8, 4) is 0 Å². The van der Waals surface area contributed by atoms with Gasteiger partial charge in [0.25, 0.3) is 0 Å². The summed E-state index contributed by atoms with van der Waals surface area (Å²) in [7, 11) is 1.83. The standard InChI is InChI=1S/C24H33N5/c1-25-23(28-19-24(13-14-24)21-9-5-4-6-10-21)27-18-20-11-12-22(26-17-20)29-15-7-2-3-8-16-29/h4-6,9-12,17H,2-3,7-8,13-16,18-19H2,1H3,(H2,25,27,28). The molecule has 2 aliphatic rings. The van der Waals surface area contributed by atoms with Gasteiger partial charge in [0.05, 0.1) is 0 Å². The number of benzene rings is 1.